The van der Waals surface area contributed by atoms with Crippen molar-refractivity contribution in [3.05, 3.63) is 51.7 Å². The molecule has 4 nitrogen and oxygen atoms in total. The van der Waals surface area contributed by atoms with E-state index in [1.54, 1.807) is 19.4 Å². The lowest BCUT2D eigenvalue weighted by atomic mass is 10.2. The molecular weight excluding hydrogens is 260 g/mol. The molecule has 0 saturated carbocycles. The number of hydrogen-bond donors (Lipinski definition) is 1. The van der Waals surface area contributed by atoms with Gasteiger partial charge < -0.3 is 4.74 Å². The number of thiophene rings is 1. The van der Waals surface area contributed by atoms with Crippen LogP contribution >= 0.6 is 11.3 Å². The van der Waals surface area contributed by atoms with Crippen molar-refractivity contribution < 1.29 is 9.53 Å². The molecule has 0 spiro atoms. The zero-order valence-electron chi connectivity index (χ0n) is 10.7. The van der Waals surface area contributed by atoms with Gasteiger partial charge in [0, 0.05) is 4.88 Å². The molecule has 1 aromatic heterocycles. The monoisotopic (exact) mass is 274 g/mol. The zero-order chi connectivity index (χ0) is 13.7. The molecule has 0 radical (unpaired) electrons. The van der Waals surface area contributed by atoms with E-state index in [0.29, 0.717) is 4.88 Å². The number of nitrogens with zero attached hydrogens (tertiary/aromatic N) is 1. The molecule has 0 aliphatic rings. The molecule has 5 heteroatoms. The van der Waals surface area contributed by atoms with E-state index >= 15 is 0 Å². The van der Waals surface area contributed by atoms with Gasteiger partial charge in [-0.3, -0.25) is 4.79 Å². The van der Waals surface area contributed by atoms with E-state index in [0.717, 1.165) is 16.2 Å². The topological polar surface area (TPSA) is 50.7 Å². The van der Waals surface area contributed by atoms with Crippen molar-refractivity contribution in [2.45, 2.75) is 6.92 Å². The summed E-state index contributed by atoms with van der Waals surface area (Å²) in [4.78, 5) is 13.5. The summed E-state index contributed by atoms with van der Waals surface area (Å²) in [5.74, 6) is 0.595. The van der Waals surface area contributed by atoms with Gasteiger partial charge in [-0.25, -0.2) is 5.43 Å². The summed E-state index contributed by atoms with van der Waals surface area (Å²) in [7, 11) is 1.62. The SMILES string of the molecule is COc1ccc(/C=N/NC(=O)c2ccc(C)s2)cc1. The van der Waals surface area contributed by atoms with Gasteiger partial charge in [-0.05, 0) is 48.9 Å². The molecular formula is C14H14N2O2S. The van der Waals surface area contributed by atoms with Gasteiger partial charge in [0.05, 0.1) is 18.2 Å². The van der Waals surface area contributed by atoms with E-state index < -0.39 is 0 Å². The van der Waals surface area contributed by atoms with Crippen LogP contribution in [0.25, 0.3) is 0 Å². The molecule has 1 heterocycles. The van der Waals surface area contributed by atoms with Crippen LogP contribution in [-0.4, -0.2) is 19.2 Å². The second kappa shape index (κ2) is 6.15. The van der Waals surface area contributed by atoms with Gasteiger partial charge in [0.1, 0.15) is 5.75 Å². The summed E-state index contributed by atoms with van der Waals surface area (Å²) in [6.07, 6.45) is 1.60. The molecule has 0 bridgehead atoms. The van der Waals surface area contributed by atoms with E-state index in [-0.39, 0.29) is 5.91 Å². The largest absolute Gasteiger partial charge is 0.497 e. The quantitative estimate of drug-likeness (QED) is 0.688. The Morgan fingerprint density at radius 1 is 1.26 bits per heavy atom. The number of amides is 1. The number of carbonyl (C=O) groups excluding carboxylic acids is 1. The van der Waals surface area contributed by atoms with Crippen LogP contribution in [-0.2, 0) is 0 Å². The Morgan fingerprint density at radius 2 is 2.00 bits per heavy atom. The lowest BCUT2D eigenvalue weighted by Crippen LogP contribution is -2.16. The second-order valence-electron chi connectivity index (χ2n) is 3.88. The summed E-state index contributed by atoms with van der Waals surface area (Å²) in [5.41, 5.74) is 3.39. The number of benzene rings is 1. The van der Waals surface area contributed by atoms with Gasteiger partial charge >= 0.3 is 0 Å². The van der Waals surface area contributed by atoms with Gasteiger partial charge in [0.15, 0.2) is 0 Å². The van der Waals surface area contributed by atoms with Crippen LogP contribution < -0.4 is 10.2 Å². The summed E-state index contributed by atoms with van der Waals surface area (Å²) in [6, 6.07) is 11.1. The summed E-state index contributed by atoms with van der Waals surface area (Å²) < 4.78 is 5.06. The van der Waals surface area contributed by atoms with Crippen LogP contribution in [0.1, 0.15) is 20.1 Å². The van der Waals surface area contributed by atoms with Crippen molar-refractivity contribution in [2.24, 2.45) is 5.10 Å². The Labute approximate surface area is 115 Å². The highest BCUT2D eigenvalue weighted by molar-refractivity contribution is 7.13. The minimum atomic E-state index is -0.192. The third-order valence-electron chi connectivity index (χ3n) is 2.46. The van der Waals surface area contributed by atoms with Crippen molar-refractivity contribution in [1.82, 2.24) is 5.43 Å². The van der Waals surface area contributed by atoms with Gasteiger partial charge in [-0.1, -0.05) is 0 Å². The van der Waals surface area contributed by atoms with Crippen LogP contribution in [0, 0.1) is 6.92 Å². The maximum Gasteiger partial charge on any atom is 0.281 e. The molecule has 1 aromatic carbocycles. The van der Waals surface area contributed by atoms with E-state index in [4.69, 9.17) is 4.74 Å². The van der Waals surface area contributed by atoms with Crippen LogP contribution in [0.5, 0.6) is 5.75 Å². The zero-order valence-corrected chi connectivity index (χ0v) is 11.5. The Kier molecular flexibility index (Phi) is 4.30. The molecule has 1 amide bonds. The fourth-order valence-corrected chi connectivity index (χ4v) is 2.22. The van der Waals surface area contributed by atoms with Crippen LogP contribution in [0.3, 0.4) is 0 Å². The third kappa shape index (κ3) is 3.66. The minimum absolute atomic E-state index is 0.192. The summed E-state index contributed by atoms with van der Waals surface area (Å²) in [5, 5.41) is 3.92. The van der Waals surface area contributed by atoms with Gasteiger partial charge in [-0.15, -0.1) is 11.3 Å². The highest BCUT2D eigenvalue weighted by Crippen LogP contribution is 2.14. The number of nitrogens with one attached hydrogen (secondary N) is 1. The fourth-order valence-electron chi connectivity index (χ4n) is 1.47. The smallest absolute Gasteiger partial charge is 0.281 e. The maximum absolute atomic E-state index is 11.7. The third-order valence-corrected chi connectivity index (χ3v) is 3.46. The predicted octanol–water partition coefficient (Wildman–Crippen LogP) is 2.83. The van der Waals surface area contributed by atoms with E-state index in [1.165, 1.54) is 11.3 Å². The van der Waals surface area contributed by atoms with Crippen molar-refractivity contribution in [2.75, 3.05) is 7.11 Å². The lowest BCUT2D eigenvalue weighted by Gasteiger charge is -1.99. The van der Waals surface area contributed by atoms with Gasteiger partial charge in [-0.2, -0.15) is 5.10 Å². The molecule has 0 fully saturated rings. The number of carbonyl (C=O) groups is 1. The van der Waals surface area contributed by atoms with Crippen molar-refractivity contribution in [3.63, 3.8) is 0 Å². The highest BCUT2D eigenvalue weighted by Gasteiger charge is 2.05. The number of hydrogen-bond acceptors (Lipinski definition) is 4. The summed E-state index contributed by atoms with van der Waals surface area (Å²) in [6.45, 7) is 1.96. The Hall–Kier alpha value is -2.14. The molecule has 1 N–H and O–H groups in total. The first-order valence-corrected chi connectivity index (χ1v) is 6.54. The lowest BCUT2D eigenvalue weighted by molar-refractivity contribution is 0.0959. The Morgan fingerprint density at radius 3 is 2.58 bits per heavy atom. The van der Waals surface area contributed by atoms with E-state index in [9.17, 15) is 4.79 Å². The van der Waals surface area contributed by atoms with Gasteiger partial charge in [0.25, 0.3) is 5.91 Å². The fraction of sp³-hybridized carbons (Fsp3) is 0.143. The molecule has 19 heavy (non-hydrogen) atoms. The molecule has 0 aliphatic carbocycles. The normalized spacial score (nSPS) is 10.6. The molecule has 98 valence electrons. The first-order valence-electron chi connectivity index (χ1n) is 5.73. The molecule has 2 aromatic rings. The number of ether oxygens (including phenoxy) is 1. The van der Waals surface area contributed by atoms with Crippen LogP contribution in [0.15, 0.2) is 41.5 Å². The van der Waals surface area contributed by atoms with Crippen molar-refractivity contribution in [1.29, 1.82) is 0 Å². The maximum atomic E-state index is 11.7. The number of aryl methyl sites for hydroxylation is 1. The first-order chi connectivity index (χ1) is 9.19. The molecule has 2 rings (SSSR count). The Bertz CT molecular complexity index is 588. The average molecular weight is 274 g/mol. The van der Waals surface area contributed by atoms with E-state index in [1.807, 2.05) is 37.3 Å². The molecule has 0 saturated heterocycles. The minimum Gasteiger partial charge on any atom is -0.497 e. The molecule has 0 atom stereocenters. The second-order valence-corrected chi connectivity index (χ2v) is 5.17. The van der Waals surface area contributed by atoms with Crippen molar-refractivity contribution in [3.8, 4) is 5.75 Å². The van der Waals surface area contributed by atoms with Crippen LogP contribution in [0.4, 0.5) is 0 Å². The molecule has 0 aliphatic heterocycles. The van der Waals surface area contributed by atoms with Crippen LogP contribution in [0.2, 0.25) is 0 Å². The van der Waals surface area contributed by atoms with Crippen molar-refractivity contribution >= 4 is 23.5 Å². The number of methoxy groups -OCH3 is 1. The van der Waals surface area contributed by atoms with E-state index in [2.05, 4.69) is 10.5 Å². The number of hydrazone groups is 1. The predicted molar refractivity (Wildman–Crippen MR) is 77.1 cm³/mol. The van der Waals surface area contributed by atoms with Gasteiger partial charge in [0.2, 0.25) is 0 Å². The first kappa shape index (κ1) is 13.3. The number of rotatable bonds is 4. The summed E-state index contributed by atoms with van der Waals surface area (Å²) >= 11 is 1.44. The highest BCUT2D eigenvalue weighted by atomic mass is 32.1. The molecule has 0 unspecified atom stereocenters. The average Bonchev–Trinajstić information content (AvgIpc) is 2.86. The Balaban J connectivity index is 1.94. The standard InChI is InChI=1S/C14H14N2O2S/c1-10-3-8-13(19-10)14(17)16-15-9-11-4-6-12(18-2)7-5-11/h3-9H,1-2H3,(H,16,17)/b15-9+.